The van der Waals surface area contributed by atoms with E-state index in [-0.39, 0.29) is 52.1 Å². The van der Waals surface area contributed by atoms with Crippen molar-refractivity contribution < 1.29 is 29.0 Å². The van der Waals surface area contributed by atoms with Gasteiger partial charge in [0.15, 0.2) is 6.20 Å². The number of hydrogen-bond acceptors (Lipinski definition) is 5. The lowest BCUT2D eigenvalue weighted by molar-refractivity contribution is -0.615. The molecule has 51 heavy (non-hydrogen) atoms. The molecule has 0 spiro atoms. The molecule has 5 saturated carbocycles. The van der Waals surface area contributed by atoms with Gasteiger partial charge >= 0.3 is 11.9 Å². The number of fused-ring (bicyclic) bond motifs is 7. The van der Waals surface area contributed by atoms with Crippen molar-refractivity contribution >= 4 is 17.8 Å². The van der Waals surface area contributed by atoms with Crippen LogP contribution in [0.1, 0.15) is 145 Å². The van der Waals surface area contributed by atoms with Crippen LogP contribution in [0.3, 0.4) is 0 Å². The van der Waals surface area contributed by atoms with Gasteiger partial charge in [0.25, 0.3) is 0 Å². The summed E-state index contributed by atoms with van der Waals surface area (Å²) in [6.45, 7) is 24.0. The van der Waals surface area contributed by atoms with Crippen LogP contribution >= 0.6 is 0 Å². The van der Waals surface area contributed by atoms with Crippen molar-refractivity contribution in [3.05, 3.63) is 47.4 Å². The smallest absolute Gasteiger partial charge is 0.309 e. The van der Waals surface area contributed by atoms with E-state index in [1.165, 1.54) is 11.8 Å². The van der Waals surface area contributed by atoms with Crippen molar-refractivity contribution in [3.63, 3.8) is 0 Å². The number of nitrogens with one attached hydrogen (secondary N) is 1. The first-order valence-electron chi connectivity index (χ1n) is 19.7. The SMILES string of the molecule is C=C(C)[C@@H]1CC[C@]2(C(=O)N[C@@H](C)c3cccc[n+]3[O-])CC[C@]3(C)C(CCC4[C@@]5(C)CC[C@H](OC(=O)CC(C)(C)C(=O)O)C(C)(C)C5CC[C@]43C)C12. The predicted molar refractivity (Wildman–Crippen MR) is 197 cm³/mol. The Morgan fingerprint density at radius 2 is 1.69 bits per heavy atom. The zero-order chi connectivity index (χ0) is 37.5. The second-order valence-corrected chi connectivity index (χ2v) is 19.7. The molecule has 0 aromatic carbocycles. The number of pyridine rings is 1. The van der Waals surface area contributed by atoms with Crippen molar-refractivity contribution in [3.8, 4) is 0 Å². The van der Waals surface area contributed by atoms with Gasteiger partial charge in [0.1, 0.15) is 12.1 Å². The number of esters is 1. The van der Waals surface area contributed by atoms with Gasteiger partial charge in [-0.15, -0.1) is 0 Å². The van der Waals surface area contributed by atoms with Gasteiger partial charge in [0.2, 0.25) is 11.6 Å². The molecule has 5 fully saturated rings. The molecule has 1 amide bonds. The van der Waals surface area contributed by atoms with Crippen molar-refractivity contribution in [2.24, 2.45) is 62.1 Å². The maximum atomic E-state index is 14.6. The molecule has 11 atom stereocenters. The van der Waals surface area contributed by atoms with Crippen LogP contribution in [0.4, 0.5) is 0 Å². The van der Waals surface area contributed by atoms with Crippen molar-refractivity contribution in [2.75, 3.05) is 0 Å². The second-order valence-electron chi connectivity index (χ2n) is 19.7. The minimum atomic E-state index is -1.16. The number of carboxylic acids is 1. The van der Waals surface area contributed by atoms with Gasteiger partial charge in [-0.05, 0) is 144 Å². The molecule has 0 saturated heterocycles. The van der Waals surface area contributed by atoms with E-state index in [4.69, 9.17) is 4.74 Å². The van der Waals surface area contributed by atoms with Gasteiger partial charge in [0.05, 0.1) is 17.3 Å². The Morgan fingerprint density at radius 3 is 2.33 bits per heavy atom. The number of amides is 1. The van der Waals surface area contributed by atoms with Gasteiger partial charge in [0, 0.05) is 17.5 Å². The van der Waals surface area contributed by atoms with Crippen molar-refractivity contribution in [1.29, 1.82) is 0 Å². The van der Waals surface area contributed by atoms with E-state index in [0.717, 1.165) is 68.9 Å². The molecule has 8 heteroatoms. The Morgan fingerprint density at radius 1 is 0.980 bits per heavy atom. The fourth-order valence-corrected chi connectivity index (χ4v) is 13.5. The van der Waals surface area contributed by atoms with Gasteiger partial charge in [-0.2, -0.15) is 4.73 Å². The first-order valence-corrected chi connectivity index (χ1v) is 19.7. The highest BCUT2D eigenvalue weighted by molar-refractivity contribution is 5.84. The fourth-order valence-electron chi connectivity index (χ4n) is 13.5. The molecule has 4 unspecified atom stereocenters. The van der Waals surface area contributed by atoms with E-state index in [1.807, 2.05) is 13.0 Å². The minimum Gasteiger partial charge on any atom is -0.618 e. The maximum Gasteiger partial charge on any atom is 0.309 e. The number of hydrogen-bond donors (Lipinski definition) is 2. The molecule has 5 aliphatic carbocycles. The van der Waals surface area contributed by atoms with Crippen LogP contribution in [0, 0.1) is 67.3 Å². The lowest BCUT2D eigenvalue weighted by Crippen LogP contribution is -2.67. The van der Waals surface area contributed by atoms with E-state index >= 15 is 0 Å². The number of nitrogens with zero attached hydrogens (tertiary/aromatic N) is 1. The van der Waals surface area contributed by atoms with E-state index in [1.54, 1.807) is 26.0 Å². The molecule has 1 aromatic heterocycles. The topological polar surface area (TPSA) is 120 Å². The first-order chi connectivity index (χ1) is 23.7. The lowest BCUT2D eigenvalue weighted by Gasteiger charge is -2.72. The van der Waals surface area contributed by atoms with Crippen LogP contribution in [0.2, 0.25) is 0 Å². The highest BCUT2D eigenvalue weighted by Crippen LogP contribution is 2.77. The number of rotatable bonds is 8. The summed E-state index contributed by atoms with van der Waals surface area (Å²) in [7, 11) is 0. The summed E-state index contributed by atoms with van der Waals surface area (Å²) in [5, 5.41) is 25.5. The molecule has 2 N–H and O–H groups in total. The average Bonchev–Trinajstić information content (AvgIpc) is 3.44. The van der Waals surface area contributed by atoms with E-state index in [0.29, 0.717) is 29.4 Å². The Labute approximate surface area is 306 Å². The fraction of sp³-hybridized carbons (Fsp3) is 0.767. The highest BCUT2D eigenvalue weighted by atomic mass is 16.5. The number of carbonyl (C=O) groups is 3. The van der Waals surface area contributed by atoms with Gasteiger partial charge in [-0.3, -0.25) is 14.4 Å². The van der Waals surface area contributed by atoms with Crippen molar-refractivity contribution in [1.82, 2.24) is 5.32 Å². The number of allylic oxidation sites excluding steroid dienone is 1. The summed E-state index contributed by atoms with van der Waals surface area (Å²) < 4.78 is 7.03. The van der Waals surface area contributed by atoms with Gasteiger partial charge in [-0.25, -0.2) is 0 Å². The molecule has 0 bridgehead atoms. The van der Waals surface area contributed by atoms with E-state index in [2.05, 4.69) is 53.4 Å². The van der Waals surface area contributed by atoms with Crippen molar-refractivity contribution in [2.45, 2.75) is 145 Å². The molecule has 0 aliphatic heterocycles. The number of carboxylic acid groups (broad SMARTS) is 1. The third-order valence-electron chi connectivity index (χ3n) is 16.5. The number of ether oxygens (including phenoxy) is 1. The molecule has 0 radical (unpaired) electrons. The Bertz CT molecular complexity index is 1590. The molecule has 8 nitrogen and oxygen atoms in total. The standard InChI is InChI=1S/C43H64N2O6/c1-26(2)28-16-21-43(36(47)44-27(3)30-13-11-12-24-45(30)50)23-22-41(9)29(35(28)43)14-15-32-40(8)19-18-33(51-34(46)25-38(4,5)37(48)49)39(6,7)31(40)17-20-42(32,41)10/h11-13,24,27-29,31-33,35H,1,14-23,25H2,2-10H3,(H,44,47)(H,48,49)/t27-,28-,29?,31?,32?,33-,35?,40-,41+,42+,43-/m0/s1. The zero-order valence-electron chi connectivity index (χ0n) is 32.8. The normalized spacial score (nSPS) is 40.4. The second kappa shape index (κ2) is 12.6. The number of aromatic nitrogens is 1. The molecule has 1 aromatic rings. The summed E-state index contributed by atoms with van der Waals surface area (Å²) in [6, 6.07) is 4.99. The maximum absolute atomic E-state index is 14.6. The Balaban J connectivity index is 1.26. The third-order valence-corrected chi connectivity index (χ3v) is 16.5. The molecule has 5 aliphatic rings. The number of aliphatic carboxylic acids is 1. The minimum absolute atomic E-state index is 0.0648. The van der Waals surface area contributed by atoms with Crippen LogP contribution in [-0.4, -0.2) is 29.1 Å². The molecule has 282 valence electrons. The Hall–Kier alpha value is -2.90. The van der Waals surface area contributed by atoms with Crippen LogP contribution in [0.15, 0.2) is 36.5 Å². The lowest BCUT2D eigenvalue weighted by atomic mass is 9.32. The molecular weight excluding hydrogens is 640 g/mol. The van der Waals surface area contributed by atoms with Crippen LogP contribution < -0.4 is 10.0 Å². The Kier molecular flexibility index (Phi) is 9.36. The van der Waals surface area contributed by atoms with Gasteiger partial charge in [-0.1, -0.05) is 46.8 Å². The van der Waals surface area contributed by atoms with Crippen LogP contribution in [0.25, 0.3) is 0 Å². The van der Waals surface area contributed by atoms with Gasteiger partial charge < -0.3 is 20.4 Å². The summed E-state index contributed by atoms with van der Waals surface area (Å²) in [5.74, 6) is 0.539. The van der Waals surface area contributed by atoms with Crippen LogP contribution in [0.5, 0.6) is 0 Å². The summed E-state index contributed by atoms with van der Waals surface area (Å²) in [4.78, 5) is 39.4. The zero-order valence-corrected chi connectivity index (χ0v) is 32.8. The number of carbonyl (C=O) groups excluding carboxylic acids is 2. The highest BCUT2D eigenvalue weighted by Gasteiger charge is 2.72. The molecule has 6 rings (SSSR count). The quantitative estimate of drug-likeness (QED) is 0.121. The summed E-state index contributed by atoms with van der Waals surface area (Å²) >= 11 is 0. The summed E-state index contributed by atoms with van der Waals surface area (Å²) in [5.41, 5.74) is 0.141. The first kappa shape index (κ1) is 37.8. The van der Waals surface area contributed by atoms with E-state index < -0.39 is 22.8 Å². The van der Waals surface area contributed by atoms with E-state index in [9.17, 15) is 24.7 Å². The summed E-state index contributed by atoms with van der Waals surface area (Å²) in [6.07, 6.45) is 11.0. The monoisotopic (exact) mass is 704 g/mol. The predicted octanol–water partition coefficient (Wildman–Crippen LogP) is 8.57. The average molecular weight is 705 g/mol. The third kappa shape index (κ3) is 5.66. The molecule has 1 heterocycles. The molecular formula is C43H64N2O6. The largest absolute Gasteiger partial charge is 0.618 e. The van der Waals surface area contributed by atoms with Crippen LogP contribution in [-0.2, 0) is 19.1 Å².